The average Bonchev–Trinajstić information content (AvgIpc) is 3.28. The number of hydrogen-bond donors (Lipinski definition) is 4. The number of nitrogens with zero attached hydrogens (tertiary/aromatic N) is 4. The molecular weight excluding hydrogens is 440 g/mol. The summed E-state index contributed by atoms with van der Waals surface area (Å²) in [4.78, 5) is 19.1. The molecule has 11 heteroatoms. The molecule has 0 aromatic carbocycles. The molecule has 2 aromatic rings. The molecule has 1 aliphatic rings. The standard InChI is InChI=1S/C22H30N8O2S/c1-3-17(15-6-5-11-25-14-15)19(32-2)20(31)27-22-29-28-21(33-22)26-16-8-12-30(13-9-16)18(24)7-4-10-23/h3-7,10-11,14,16,19H,8-9,12-13,23-24H2,1-2H3,(H,26,28)(H,27,29,31)/b10-4-,17-3-,18-7+. The van der Waals surface area contributed by atoms with Crippen molar-refractivity contribution in [1.29, 1.82) is 0 Å². The highest BCUT2D eigenvalue weighted by atomic mass is 32.1. The molecule has 3 heterocycles. The summed E-state index contributed by atoms with van der Waals surface area (Å²) < 4.78 is 5.48. The first-order valence-corrected chi connectivity index (χ1v) is 11.5. The SMILES string of the molecule is C/C=C(/c1cccnc1)C(OC)C(=O)Nc1nnc(NC2CCN(/C(N)=C/C=C\N)CC2)s1. The Morgan fingerprint density at radius 3 is 2.73 bits per heavy atom. The molecule has 0 aliphatic carbocycles. The van der Waals surface area contributed by atoms with Crippen molar-refractivity contribution >= 4 is 33.1 Å². The van der Waals surface area contributed by atoms with Crippen molar-refractivity contribution in [2.24, 2.45) is 11.5 Å². The number of carbonyl (C=O) groups is 1. The Hall–Kier alpha value is -3.44. The van der Waals surface area contributed by atoms with Gasteiger partial charge in [-0.05, 0) is 55.3 Å². The minimum atomic E-state index is -0.795. The number of carbonyl (C=O) groups excluding carboxylic acids is 1. The summed E-state index contributed by atoms with van der Waals surface area (Å²) in [6.07, 6.45) is 11.2. The second-order valence-corrected chi connectivity index (χ2v) is 8.36. The molecule has 0 spiro atoms. The normalized spacial score (nSPS) is 16.7. The van der Waals surface area contributed by atoms with Crippen molar-refractivity contribution in [2.45, 2.75) is 31.9 Å². The van der Waals surface area contributed by atoms with E-state index in [1.807, 2.05) is 25.1 Å². The molecule has 1 aliphatic heterocycles. The molecule has 2 aromatic heterocycles. The van der Waals surface area contributed by atoms with Gasteiger partial charge in [0.05, 0.1) is 5.82 Å². The number of rotatable bonds is 9. The van der Waals surface area contributed by atoms with Gasteiger partial charge < -0.3 is 26.4 Å². The van der Waals surface area contributed by atoms with Crippen LogP contribution in [0.2, 0.25) is 0 Å². The molecule has 1 amide bonds. The lowest BCUT2D eigenvalue weighted by molar-refractivity contribution is -0.122. The van der Waals surface area contributed by atoms with Crippen LogP contribution in [0.1, 0.15) is 25.3 Å². The third-order valence-corrected chi connectivity index (χ3v) is 6.05. The van der Waals surface area contributed by atoms with Gasteiger partial charge in [-0.1, -0.05) is 23.5 Å². The van der Waals surface area contributed by atoms with E-state index in [4.69, 9.17) is 16.2 Å². The smallest absolute Gasteiger partial charge is 0.259 e. The molecule has 1 unspecified atom stereocenters. The lowest BCUT2D eigenvalue weighted by atomic mass is 10.0. The van der Waals surface area contributed by atoms with Crippen LogP contribution >= 0.6 is 11.3 Å². The summed E-state index contributed by atoms with van der Waals surface area (Å²) in [6.45, 7) is 3.52. The summed E-state index contributed by atoms with van der Waals surface area (Å²) in [7, 11) is 1.50. The highest BCUT2D eigenvalue weighted by Gasteiger charge is 2.25. The Balaban J connectivity index is 1.55. The summed E-state index contributed by atoms with van der Waals surface area (Å²) in [6, 6.07) is 3.96. The highest BCUT2D eigenvalue weighted by Crippen LogP contribution is 2.26. The van der Waals surface area contributed by atoms with E-state index >= 15 is 0 Å². The van der Waals surface area contributed by atoms with Crippen molar-refractivity contribution < 1.29 is 9.53 Å². The number of anilines is 2. The quantitative estimate of drug-likeness (QED) is 0.405. The van der Waals surface area contributed by atoms with E-state index in [9.17, 15) is 4.79 Å². The van der Waals surface area contributed by atoms with E-state index in [0.717, 1.165) is 37.1 Å². The van der Waals surface area contributed by atoms with Crippen LogP contribution < -0.4 is 22.1 Å². The number of pyridine rings is 1. The second-order valence-electron chi connectivity index (χ2n) is 7.39. The van der Waals surface area contributed by atoms with E-state index in [1.54, 1.807) is 24.5 Å². The van der Waals surface area contributed by atoms with Gasteiger partial charge in [-0.2, -0.15) is 0 Å². The summed E-state index contributed by atoms with van der Waals surface area (Å²) >= 11 is 1.29. The zero-order valence-electron chi connectivity index (χ0n) is 18.8. The number of hydrogen-bond acceptors (Lipinski definition) is 10. The maximum Gasteiger partial charge on any atom is 0.259 e. The number of amides is 1. The molecule has 1 saturated heterocycles. The number of nitrogens with two attached hydrogens (primary N) is 2. The van der Waals surface area contributed by atoms with Crippen LogP contribution in [0.5, 0.6) is 0 Å². The Morgan fingerprint density at radius 2 is 2.09 bits per heavy atom. The largest absolute Gasteiger partial charge is 0.405 e. The Kier molecular flexibility index (Phi) is 8.79. The molecule has 6 N–H and O–H groups in total. The minimum absolute atomic E-state index is 0.252. The van der Waals surface area contributed by atoms with Crippen LogP contribution in [-0.4, -0.2) is 58.3 Å². The van der Waals surface area contributed by atoms with Crippen molar-refractivity contribution in [3.63, 3.8) is 0 Å². The Bertz CT molecular complexity index is 997. The number of likely N-dealkylation sites (tertiary alicyclic amines) is 1. The van der Waals surface area contributed by atoms with Crippen LogP contribution in [0.4, 0.5) is 10.3 Å². The summed E-state index contributed by atoms with van der Waals surface area (Å²) in [5.74, 6) is 0.384. The molecule has 176 valence electrons. The summed E-state index contributed by atoms with van der Waals surface area (Å²) in [5.41, 5.74) is 13.0. The number of nitrogens with one attached hydrogen (secondary N) is 2. The molecule has 0 radical (unpaired) electrons. The van der Waals surface area contributed by atoms with Gasteiger partial charge in [-0.3, -0.25) is 15.1 Å². The second kappa shape index (κ2) is 12.0. The lowest BCUT2D eigenvalue weighted by Crippen LogP contribution is -2.40. The average molecular weight is 471 g/mol. The van der Waals surface area contributed by atoms with Gasteiger partial charge in [0.15, 0.2) is 6.10 Å². The van der Waals surface area contributed by atoms with Crippen LogP contribution in [-0.2, 0) is 9.53 Å². The molecule has 10 nitrogen and oxygen atoms in total. The van der Waals surface area contributed by atoms with Gasteiger partial charge >= 0.3 is 0 Å². The zero-order valence-corrected chi connectivity index (χ0v) is 19.6. The number of allylic oxidation sites excluding steroid dienone is 3. The predicted molar refractivity (Wildman–Crippen MR) is 131 cm³/mol. The maximum atomic E-state index is 12.9. The summed E-state index contributed by atoms with van der Waals surface area (Å²) in [5, 5.41) is 15.5. The molecular formula is C22H30N8O2S. The lowest BCUT2D eigenvalue weighted by Gasteiger charge is -2.33. The van der Waals surface area contributed by atoms with Crippen molar-refractivity contribution in [2.75, 3.05) is 30.8 Å². The number of ether oxygens (including phenoxy) is 1. The van der Waals surface area contributed by atoms with Crippen molar-refractivity contribution in [3.05, 3.63) is 60.3 Å². The van der Waals surface area contributed by atoms with Crippen molar-refractivity contribution in [3.8, 4) is 0 Å². The number of piperidine rings is 1. The third-order valence-electron chi connectivity index (χ3n) is 5.28. The number of aromatic nitrogens is 3. The molecule has 3 rings (SSSR count). The van der Waals surface area contributed by atoms with E-state index in [1.165, 1.54) is 24.6 Å². The monoisotopic (exact) mass is 470 g/mol. The fourth-order valence-electron chi connectivity index (χ4n) is 3.60. The Morgan fingerprint density at radius 1 is 1.33 bits per heavy atom. The van der Waals surface area contributed by atoms with E-state index in [-0.39, 0.29) is 11.9 Å². The molecule has 1 fully saturated rings. The van der Waals surface area contributed by atoms with Gasteiger partial charge in [0.1, 0.15) is 0 Å². The van der Waals surface area contributed by atoms with Gasteiger partial charge in [-0.15, -0.1) is 10.2 Å². The first-order chi connectivity index (χ1) is 16.0. The van der Waals surface area contributed by atoms with Gasteiger partial charge in [-0.25, -0.2) is 0 Å². The van der Waals surface area contributed by atoms with Crippen LogP contribution in [0.15, 0.2) is 54.8 Å². The first-order valence-electron chi connectivity index (χ1n) is 10.6. The highest BCUT2D eigenvalue weighted by molar-refractivity contribution is 7.19. The van der Waals surface area contributed by atoms with Gasteiger partial charge in [0, 0.05) is 38.6 Å². The minimum Gasteiger partial charge on any atom is -0.405 e. The van der Waals surface area contributed by atoms with Gasteiger partial charge in [0.25, 0.3) is 5.91 Å². The first kappa shape index (κ1) is 24.2. The van der Waals surface area contributed by atoms with Gasteiger partial charge in [0.2, 0.25) is 10.3 Å². The predicted octanol–water partition coefficient (Wildman–Crippen LogP) is 2.14. The fraction of sp³-hybridized carbons (Fsp3) is 0.364. The van der Waals surface area contributed by atoms with Crippen LogP contribution in [0.3, 0.4) is 0 Å². The van der Waals surface area contributed by atoms with Crippen molar-refractivity contribution in [1.82, 2.24) is 20.1 Å². The van der Waals surface area contributed by atoms with Crippen LogP contribution in [0.25, 0.3) is 5.57 Å². The van der Waals surface area contributed by atoms with E-state index in [2.05, 4.69) is 30.7 Å². The molecule has 1 atom stereocenters. The number of methoxy groups -OCH3 is 1. The molecule has 0 saturated carbocycles. The third kappa shape index (κ3) is 6.53. The fourth-order valence-corrected chi connectivity index (χ4v) is 4.32. The molecule has 0 bridgehead atoms. The topological polar surface area (TPSA) is 144 Å². The Labute approximate surface area is 197 Å². The van der Waals surface area contributed by atoms with E-state index < -0.39 is 6.10 Å². The maximum absolute atomic E-state index is 12.9. The molecule has 33 heavy (non-hydrogen) atoms. The van der Waals surface area contributed by atoms with E-state index in [0.29, 0.717) is 16.1 Å². The zero-order chi connectivity index (χ0) is 23.6. The van der Waals surface area contributed by atoms with Crippen LogP contribution in [0, 0.1) is 0 Å².